The number of carbonyl (C=O) groups is 1. The minimum Gasteiger partial charge on any atom is -0.296 e. The summed E-state index contributed by atoms with van der Waals surface area (Å²) in [5, 5.41) is 9.55. The third kappa shape index (κ3) is 3.29. The number of thiophene rings is 1. The van der Waals surface area contributed by atoms with Crippen molar-refractivity contribution in [3.63, 3.8) is 0 Å². The van der Waals surface area contributed by atoms with Crippen LogP contribution in [0.15, 0.2) is 33.6 Å². The average Bonchev–Trinajstić information content (AvgIpc) is 3.17. The molecule has 0 atom stereocenters. The number of thiazole rings is 1. The fraction of sp³-hybridized carbons (Fsp3) is 0.214. The number of aromatic nitrogens is 3. The predicted octanol–water partition coefficient (Wildman–Crippen LogP) is 4.66. The Balaban J connectivity index is 1.73. The first-order valence-electron chi connectivity index (χ1n) is 6.60. The topological polar surface area (TPSA) is 59.8 Å². The molecule has 0 saturated heterocycles. The van der Waals surface area contributed by atoms with Crippen molar-refractivity contribution in [2.45, 2.75) is 19.9 Å². The van der Waals surface area contributed by atoms with E-state index in [1.807, 2.05) is 31.4 Å². The lowest BCUT2D eigenvalue weighted by molar-refractivity contribution is 0.102. The zero-order valence-corrected chi connectivity index (χ0v) is 15.1. The van der Waals surface area contributed by atoms with E-state index in [4.69, 9.17) is 0 Å². The number of hydrogen-bond donors (Lipinski definition) is 1. The first kappa shape index (κ1) is 15.4. The van der Waals surface area contributed by atoms with E-state index >= 15 is 0 Å². The SMILES string of the molecule is CC(C)n1ccc(C(=O)Nc2nc(-c3ccc(Br)s3)cs2)n1. The van der Waals surface area contributed by atoms with Crippen LogP contribution in [0.25, 0.3) is 10.6 Å². The molecule has 8 heteroatoms. The quantitative estimate of drug-likeness (QED) is 0.696. The lowest BCUT2D eigenvalue weighted by Crippen LogP contribution is -2.13. The largest absolute Gasteiger partial charge is 0.296 e. The molecule has 114 valence electrons. The minimum absolute atomic E-state index is 0.227. The molecule has 0 spiro atoms. The molecule has 0 bridgehead atoms. The highest BCUT2D eigenvalue weighted by Crippen LogP contribution is 2.33. The van der Waals surface area contributed by atoms with E-state index in [0.717, 1.165) is 14.4 Å². The van der Waals surface area contributed by atoms with E-state index < -0.39 is 0 Å². The highest BCUT2D eigenvalue weighted by molar-refractivity contribution is 9.11. The molecule has 0 aliphatic carbocycles. The first-order chi connectivity index (χ1) is 10.5. The minimum atomic E-state index is -0.243. The van der Waals surface area contributed by atoms with Crippen molar-refractivity contribution >= 4 is 49.6 Å². The van der Waals surface area contributed by atoms with Crippen LogP contribution in [0.3, 0.4) is 0 Å². The summed E-state index contributed by atoms with van der Waals surface area (Å²) in [7, 11) is 0. The molecule has 1 N–H and O–H groups in total. The average molecular weight is 397 g/mol. The number of carbonyl (C=O) groups excluding carboxylic acids is 1. The summed E-state index contributed by atoms with van der Waals surface area (Å²) in [6.45, 7) is 4.03. The second kappa shape index (κ2) is 6.31. The molecule has 1 amide bonds. The molecule has 0 aliphatic heterocycles. The van der Waals surface area contributed by atoms with Crippen molar-refractivity contribution in [2.24, 2.45) is 0 Å². The number of nitrogens with zero attached hydrogens (tertiary/aromatic N) is 3. The van der Waals surface area contributed by atoms with Crippen molar-refractivity contribution < 1.29 is 4.79 Å². The lowest BCUT2D eigenvalue weighted by atomic mass is 10.4. The van der Waals surface area contributed by atoms with Gasteiger partial charge >= 0.3 is 0 Å². The van der Waals surface area contributed by atoms with E-state index in [2.05, 4.69) is 31.3 Å². The summed E-state index contributed by atoms with van der Waals surface area (Å²) in [5.74, 6) is -0.243. The maximum absolute atomic E-state index is 12.2. The van der Waals surface area contributed by atoms with Crippen LogP contribution in [0, 0.1) is 0 Å². The van der Waals surface area contributed by atoms with Gasteiger partial charge in [-0.25, -0.2) is 4.98 Å². The van der Waals surface area contributed by atoms with Gasteiger partial charge in [0.25, 0.3) is 5.91 Å². The Kier molecular flexibility index (Phi) is 4.42. The van der Waals surface area contributed by atoms with Gasteiger partial charge in [0.2, 0.25) is 0 Å². The Labute approximate surface area is 144 Å². The van der Waals surface area contributed by atoms with Gasteiger partial charge < -0.3 is 0 Å². The highest BCUT2D eigenvalue weighted by atomic mass is 79.9. The Morgan fingerprint density at radius 2 is 2.18 bits per heavy atom. The Morgan fingerprint density at radius 3 is 2.82 bits per heavy atom. The molecule has 0 saturated carbocycles. The fourth-order valence-electron chi connectivity index (χ4n) is 1.80. The molecule has 5 nitrogen and oxygen atoms in total. The molecular formula is C14H13BrN4OS2. The van der Waals surface area contributed by atoms with Gasteiger partial charge in [-0.05, 0) is 48.0 Å². The molecule has 0 unspecified atom stereocenters. The van der Waals surface area contributed by atoms with E-state index in [1.165, 1.54) is 11.3 Å². The molecule has 3 heterocycles. The molecule has 0 aromatic carbocycles. The van der Waals surface area contributed by atoms with Gasteiger partial charge in [-0.3, -0.25) is 14.8 Å². The fourth-order valence-corrected chi connectivity index (χ4v) is 3.93. The van der Waals surface area contributed by atoms with Gasteiger partial charge in [0.15, 0.2) is 10.8 Å². The molecule has 0 fully saturated rings. The van der Waals surface area contributed by atoms with Crippen LogP contribution < -0.4 is 5.32 Å². The van der Waals surface area contributed by atoms with Crippen LogP contribution in [0.1, 0.15) is 30.4 Å². The van der Waals surface area contributed by atoms with Gasteiger partial charge in [-0.2, -0.15) is 5.10 Å². The van der Waals surface area contributed by atoms with E-state index in [9.17, 15) is 4.79 Å². The number of amides is 1. The van der Waals surface area contributed by atoms with Crippen LogP contribution in [-0.4, -0.2) is 20.7 Å². The summed E-state index contributed by atoms with van der Waals surface area (Å²) < 4.78 is 2.81. The molecule has 3 aromatic heterocycles. The van der Waals surface area contributed by atoms with E-state index in [0.29, 0.717) is 10.8 Å². The summed E-state index contributed by atoms with van der Waals surface area (Å²) in [5.41, 5.74) is 1.26. The number of anilines is 1. The van der Waals surface area contributed by atoms with E-state index in [1.54, 1.807) is 28.3 Å². The van der Waals surface area contributed by atoms with Gasteiger partial charge in [0.1, 0.15) is 0 Å². The Bertz CT molecular complexity index is 805. The third-order valence-corrected chi connectivity index (χ3v) is 5.32. The van der Waals surface area contributed by atoms with Crippen LogP contribution >= 0.6 is 38.6 Å². The van der Waals surface area contributed by atoms with Gasteiger partial charge in [-0.1, -0.05) is 0 Å². The molecule has 3 rings (SSSR count). The zero-order valence-electron chi connectivity index (χ0n) is 11.9. The van der Waals surface area contributed by atoms with Gasteiger partial charge in [0, 0.05) is 17.6 Å². The molecular weight excluding hydrogens is 384 g/mol. The summed E-state index contributed by atoms with van der Waals surface area (Å²) in [4.78, 5) is 17.7. The maximum atomic E-state index is 12.2. The van der Waals surface area contributed by atoms with Crippen LogP contribution in [0.2, 0.25) is 0 Å². The second-order valence-corrected chi connectivity index (χ2v) is 8.19. The zero-order chi connectivity index (χ0) is 15.7. The molecule has 0 aliphatic rings. The Hall–Kier alpha value is -1.51. The van der Waals surface area contributed by atoms with Gasteiger partial charge in [0.05, 0.1) is 14.4 Å². The smallest absolute Gasteiger partial charge is 0.277 e. The standard InChI is InChI=1S/C14H13BrN4OS2/c1-8(2)19-6-5-9(18-19)13(20)17-14-16-10(7-21-14)11-3-4-12(15)22-11/h3-8H,1-2H3,(H,16,17,20). The summed E-state index contributed by atoms with van der Waals surface area (Å²) >= 11 is 6.45. The highest BCUT2D eigenvalue weighted by Gasteiger charge is 2.14. The van der Waals surface area contributed by atoms with Crippen molar-refractivity contribution in [2.75, 3.05) is 5.32 Å². The van der Waals surface area contributed by atoms with Crippen molar-refractivity contribution in [3.05, 3.63) is 39.3 Å². The lowest BCUT2D eigenvalue weighted by Gasteiger charge is -2.03. The monoisotopic (exact) mass is 396 g/mol. The Morgan fingerprint density at radius 1 is 1.36 bits per heavy atom. The number of rotatable bonds is 4. The summed E-state index contributed by atoms with van der Waals surface area (Å²) in [6.07, 6.45) is 1.80. The van der Waals surface area contributed by atoms with Gasteiger partial charge in [-0.15, -0.1) is 22.7 Å². The van der Waals surface area contributed by atoms with Crippen molar-refractivity contribution in [1.82, 2.24) is 14.8 Å². The van der Waals surface area contributed by atoms with E-state index in [-0.39, 0.29) is 11.9 Å². The van der Waals surface area contributed by atoms with Crippen LogP contribution in [-0.2, 0) is 0 Å². The van der Waals surface area contributed by atoms with Crippen LogP contribution in [0.4, 0.5) is 5.13 Å². The second-order valence-electron chi connectivity index (χ2n) is 4.87. The number of halogens is 1. The number of nitrogens with one attached hydrogen (secondary N) is 1. The molecule has 0 radical (unpaired) electrons. The van der Waals surface area contributed by atoms with Crippen molar-refractivity contribution in [3.8, 4) is 10.6 Å². The third-order valence-electron chi connectivity index (χ3n) is 2.92. The molecule has 22 heavy (non-hydrogen) atoms. The predicted molar refractivity (Wildman–Crippen MR) is 93.7 cm³/mol. The van der Waals surface area contributed by atoms with Crippen LogP contribution in [0.5, 0.6) is 0 Å². The first-order valence-corrected chi connectivity index (χ1v) is 9.09. The molecule has 3 aromatic rings. The summed E-state index contributed by atoms with van der Waals surface area (Å²) in [6, 6.07) is 5.92. The van der Waals surface area contributed by atoms with Crippen molar-refractivity contribution in [1.29, 1.82) is 0 Å². The normalized spacial score (nSPS) is 11.1. The maximum Gasteiger partial charge on any atom is 0.277 e. The number of hydrogen-bond acceptors (Lipinski definition) is 5.